The number of nitrogens with zero attached hydrogens (tertiary/aromatic N) is 2. The van der Waals surface area contributed by atoms with Crippen molar-refractivity contribution in [3.05, 3.63) is 66.1 Å². The highest BCUT2D eigenvalue weighted by Crippen LogP contribution is 2.34. The molecule has 4 rings (SSSR count). The molecular weight excluding hydrogens is 335 g/mol. The van der Waals surface area contributed by atoms with Crippen molar-refractivity contribution in [1.29, 1.82) is 0 Å². The molecule has 1 aromatic heterocycles. The van der Waals surface area contributed by atoms with Crippen LogP contribution in [-0.4, -0.2) is 28.9 Å². The Morgan fingerprint density at radius 1 is 1.08 bits per heavy atom. The van der Waals surface area contributed by atoms with Gasteiger partial charge < -0.3 is 4.90 Å². The maximum absolute atomic E-state index is 13.0. The minimum atomic E-state index is -0.240. The molecule has 2 heterocycles. The van der Waals surface area contributed by atoms with Gasteiger partial charge in [-0.2, -0.15) is 0 Å². The lowest BCUT2D eigenvalue weighted by atomic mass is 9.91. The monoisotopic (exact) mass is 352 g/mol. The first-order chi connectivity index (χ1) is 12.1. The van der Waals surface area contributed by atoms with Gasteiger partial charge in [0.05, 0.1) is 4.88 Å². The van der Waals surface area contributed by atoms with Gasteiger partial charge >= 0.3 is 0 Å². The van der Waals surface area contributed by atoms with Crippen LogP contribution in [0, 0.1) is 5.82 Å². The molecule has 0 atom stereocenters. The van der Waals surface area contributed by atoms with Crippen molar-refractivity contribution in [1.82, 2.24) is 9.88 Å². The van der Waals surface area contributed by atoms with Crippen molar-refractivity contribution in [2.45, 2.75) is 12.8 Å². The third-order valence-corrected chi connectivity index (χ3v) is 5.69. The fourth-order valence-electron chi connectivity index (χ4n) is 3.00. The Kier molecular flexibility index (Phi) is 4.09. The van der Waals surface area contributed by atoms with E-state index >= 15 is 0 Å². The number of aromatic nitrogens is 1. The van der Waals surface area contributed by atoms with Gasteiger partial charge in [-0.25, -0.2) is 9.37 Å². The Morgan fingerprint density at radius 2 is 1.72 bits per heavy atom. The van der Waals surface area contributed by atoms with E-state index in [1.54, 1.807) is 30.4 Å². The van der Waals surface area contributed by atoms with Crippen LogP contribution in [-0.2, 0) is 4.79 Å². The number of hydrogen-bond donors (Lipinski definition) is 0. The molecule has 25 heavy (non-hydrogen) atoms. The molecule has 0 N–H and O–H groups in total. The summed E-state index contributed by atoms with van der Waals surface area (Å²) in [5.74, 6) is 0.343. The van der Waals surface area contributed by atoms with E-state index in [0.29, 0.717) is 5.92 Å². The van der Waals surface area contributed by atoms with Gasteiger partial charge in [-0.05, 0) is 35.4 Å². The van der Waals surface area contributed by atoms with Gasteiger partial charge in [0.2, 0.25) is 5.91 Å². The standard InChI is InChI=1S/C20H17FN2OS/c1-13(24)23-11-17(12-23)14-2-4-15(5-3-14)19-10-22-20(25-19)16-6-8-18(21)9-7-16/h2-10,17H,11-12H2,1H3. The van der Waals surface area contributed by atoms with E-state index in [9.17, 15) is 9.18 Å². The molecular formula is C20H17FN2OS. The van der Waals surface area contributed by atoms with Crippen LogP contribution < -0.4 is 0 Å². The van der Waals surface area contributed by atoms with E-state index in [4.69, 9.17) is 0 Å². The van der Waals surface area contributed by atoms with E-state index in [0.717, 1.165) is 34.1 Å². The number of carbonyl (C=O) groups excluding carboxylic acids is 1. The van der Waals surface area contributed by atoms with Crippen LogP contribution in [0.3, 0.4) is 0 Å². The Morgan fingerprint density at radius 3 is 2.36 bits per heavy atom. The van der Waals surface area contributed by atoms with Crippen LogP contribution in [0.15, 0.2) is 54.7 Å². The number of benzene rings is 2. The Balaban J connectivity index is 1.49. The molecule has 0 aliphatic carbocycles. The molecule has 1 saturated heterocycles. The van der Waals surface area contributed by atoms with Crippen molar-refractivity contribution in [3.8, 4) is 21.0 Å². The Bertz CT molecular complexity index is 896. The van der Waals surface area contributed by atoms with Crippen molar-refractivity contribution in [3.63, 3.8) is 0 Å². The molecule has 0 saturated carbocycles. The summed E-state index contributed by atoms with van der Waals surface area (Å²) in [4.78, 5) is 18.7. The summed E-state index contributed by atoms with van der Waals surface area (Å²) in [6, 6.07) is 14.9. The van der Waals surface area contributed by atoms with Crippen LogP contribution in [0.25, 0.3) is 21.0 Å². The van der Waals surface area contributed by atoms with Gasteiger partial charge in [0.1, 0.15) is 10.8 Å². The van der Waals surface area contributed by atoms with Crippen LogP contribution in [0.2, 0.25) is 0 Å². The molecule has 1 aliphatic heterocycles. The maximum atomic E-state index is 13.0. The minimum absolute atomic E-state index is 0.144. The lowest BCUT2D eigenvalue weighted by Crippen LogP contribution is -2.47. The molecule has 1 aliphatic rings. The van der Waals surface area contributed by atoms with Crippen LogP contribution in [0.1, 0.15) is 18.4 Å². The zero-order chi connectivity index (χ0) is 17.4. The van der Waals surface area contributed by atoms with E-state index in [2.05, 4.69) is 29.2 Å². The third-order valence-electron chi connectivity index (χ3n) is 4.59. The molecule has 0 spiro atoms. The maximum Gasteiger partial charge on any atom is 0.219 e. The van der Waals surface area contributed by atoms with E-state index in [-0.39, 0.29) is 11.7 Å². The third kappa shape index (κ3) is 3.20. The smallest absolute Gasteiger partial charge is 0.219 e. The molecule has 1 amide bonds. The molecule has 3 aromatic rings. The summed E-state index contributed by atoms with van der Waals surface area (Å²) in [7, 11) is 0. The average molecular weight is 352 g/mol. The predicted molar refractivity (Wildman–Crippen MR) is 97.9 cm³/mol. The van der Waals surface area contributed by atoms with Crippen molar-refractivity contribution >= 4 is 17.2 Å². The molecule has 0 radical (unpaired) electrons. The number of halogens is 1. The molecule has 0 bridgehead atoms. The van der Waals surface area contributed by atoms with E-state index in [1.165, 1.54) is 17.7 Å². The zero-order valence-corrected chi connectivity index (χ0v) is 14.6. The summed E-state index contributed by atoms with van der Waals surface area (Å²) in [6.45, 7) is 3.23. The SMILES string of the molecule is CC(=O)N1CC(c2ccc(-c3cnc(-c4ccc(F)cc4)s3)cc2)C1. The molecule has 3 nitrogen and oxygen atoms in total. The second-order valence-corrected chi connectivity index (χ2v) is 7.31. The lowest BCUT2D eigenvalue weighted by Gasteiger charge is -2.39. The van der Waals surface area contributed by atoms with Gasteiger partial charge in [0, 0.05) is 37.7 Å². The zero-order valence-electron chi connectivity index (χ0n) is 13.8. The second-order valence-electron chi connectivity index (χ2n) is 6.28. The topological polar surface area (TPSA) is 33.2 Å². The first-order valence-electron chi connectivity index (χ1n) is 8.18. The number of rotatable bonds is 3. The van der Waals surface area contributed by atoms with Crippen LogP contribution in [0.4, 0.5) is 4.39 Å². The van der Waals surface area contributed by atoms with Crippen molar-refractivity contribution in [2.24, 2.45) is 0 Å². The molecule has 2 aromatic carbocycles. The van der Waals surface area contributed by atoms with Crippen molar-refractivity contribution in [2.75, 3.05) is 13.1 Å². The van der Waals surface area contributed by atoms with E-state index in [1.807, 2.05) is 11.1 Å². The van der Waals surface area contributed by atoms with Gasteiger partial charge in [0.25, 0.3) is 0 Å². The quantitative estimate of drug-likeness (QED) is 0.692. The highest BCUT2D eigenvalue weighted by molar-refractivity contribution is 7.18. The Labute approximate surface area is 149 Å². The summed E-state index contributed by atoms with van der Waals surface area (Å²) in [5, 5.41) is 0.884. The highest BCUT2D eigenvalue weighted by atomic mass is 32.1. The summed E-state index contributed by atoms with van der Waals surface area (Å²) < 4.78 is 13.0. The fraction of sp³-hybridized carbons (Fsp3) is 0.200. The fourth-order valence-corrected chi connectivity index (χ4v) is 3.93. The lowest BCUT2D eigenvalue weighted by molar-refractivity contribution is -0.133. The number of thiazole rings is 1. The van der Waals surface area contributed by atoms with Gasteiger partial charge in [-0.3, -0.25) is 4.79 Å². The van der Waals surface area contributed by atoms with Crippen LogP contribution in [0.5, 0.6) is 0 Å². The molecule has 1 fully saturated rings. The number of hydrogen-bond acceptors (Lipinski definition) is 3. The minimum Gasteiger partial charge on any atom is -0.342 e. The second kappa shape index (κ2) is 6.41. The van der Waals surface area contributed by atoms with Gasteiger partial charge in [0.15, 0.2) is 0 Å². The Hall–Kier alpha value is -2.53. The predicted octanol–water partition coefficient (Wildman–Crippen LogP) is 4.56. The van der Waals surface area contributed by atoms with Crippen LogP contribution >= 0.6 is 11.3 Å². The van der Waals surface area contributed by atoms with Gasteiger partial charge in [-0.15, -0.1) is 11.3 Å². The summed E-state index contributed by atoms with van der Waals surface area (Å²) in [6.07, 6.45) is 1.86. The highest BCUT2D eigenvalue weighted by Gasteiger charge is 2.29. The summed E-state index contributed by atoms with van der Waals surface area (Å²) in [5.41, 5.74) is 3.31. The number of amides is 1. The van der Waals surface area contributed by atoms with Crippen molar-refractivity contribution < 1.29 is 9.18 Å². The normalized spacial score (nSPS) is 14.4. The molecule has 0 unspecified atom stereocenters. The average Bonchev–Trinajstić information content (AvgIpc) is 3.04. The molecule has 126 valence electrons. The van der Waals surface area contributed by atoms with Gasteiger partial charge in [-0.1, -0.05) is 24.3 Å². The first kappa shape index (κ1) is 16.0. The molecule has 5 heteroatoms. The number of likely N-dealkylation sites (tertiary alicyclic amines) is 1. The van der Waals surface area contributed by atoms with E-state index < -0.39 is 0 Å². The largest absolute Gasteiger partial charge is 0.342 e. The summed E-state index contributed by atoms with van der Waals surface area (Å²) >= 11 is 1.60. The number of carbonyl (C=O) groups is 1. The first-order valence-corrected chi connectivity index (χ1v) is 8.99.